The van der Waals surface area contributed by atoms with Crippen molar-refractivity contribution in [3.05, 3.63) is 23.8 Å². The molecule has 1 amide bonds. The lowest BCUT2D eigenvalue weighted by molar-refractivity contribution is -0.123. The van der Waals surface area contributed by atoms with Crippen molar-refractivity contribution in [2.24, 2.45) is 11.8 Å². The van der Waals surface area contributed by atoms with Crippen LogP contribution in [0.5, 0.6) is 0 Å². The van der Waals surface area contributed by atoms with Crippen molar-refractivity contribution in [1.82, 2.24) is 15.4 Å². The SMILES string of the molecule is CCCC(CC)CC(=O)NC1CCC(CCN2CCN(c3noc4ccc(C)cc34)CC2)CC1. The molecule has 34 heavy (non-hydrogen) atoms. The highest BCUT2D eigenvalue weighted by Gasteiger charge is 2.25. The van der Waals surface area contributed by atoms with E-state index in [1.54, 1.807) is 0 Å². The molecule has 1 N–H and O–H groups in total. The molecule has 1 aromatic heterocycles. The molecule has 1 saturated heterocycles. The first-order chi connectivity index (χ1) is 16.6. The van der Waals surface area contributed by atoms with Crippen molar-refractivity contribution in [2.75, 3.05) is 37.6 Å². The van der Waals surface area contributed by atoms with Crippen LogP contribution in [0.4, 0.5) is 5.82 Å². The molecule has 6 heteroatoms. The van der Waals surface area contributed by atoms with Gasteiger partial charge >= 0.3 is 0 Å². The Morgan fingerprint density at radius 1 is 1.15 bits per heavy atom. The fourth-order valence-electron chi connectivity index (χ4n) is 5.82. The van der Waals surface area contributed by atoms with E-state index in [4.69, 9.17) is 4.52 Å². The maximum absolute atomic E-state index is 12.4. The van der Waals surface area contributed by atoms with E-state index in [2.05, 4.69) is 53.2 Å². The number of rotatable bonds is 10. The number of piperazine rings is 1. The number of hydrogen-bond donors (Lipinski definition) is 1. The van der Waals surface area contributed by atoms with E-state index in [0.29, 0.717) is 18.4 Å². The Morgan fingerprint density at radius 2 is 1.91 bits per heavy atom. The number of amides is 1. The van der Waals surface area contributed by atoms with Crippen molar-refractivity contribution in [2.45, 2.75) is 84.6 Å². The highest BCUT2D eigenvalue weighted by Crippen LogP contribution is 2.29. The lowest BCUT2D eigenvalue weighted by Crippen LogP contribution is -2.47. The molecule has 0 radical (unpaired) electrons. The minimum absolute atomic E-state index is 0.275. The third kappa shape index (κ3) is 6.53. The van der Waals surface area contributed by atoms with Gasteiger partial charge in [0.15, 0.2) is 11.4 Å². The minimum atomic E-state index is 0.275. The normalized spacial score (nSPS) is 22.7. The Labute approximate surface area is 205 Å². The van der Waals surface area contributed by atoms with Crippen molar-refractivity contribution >= 4 is 22.7 Å². The van der Waals surface area contributed by atoms with E-state index in [1.165, 1.54) is 44.2 Å². The molecular formula is C28H44N4O2. The zero-order valence-electron chi connectivity index (χ0n) is 21.5. The Hall–Kier alpha value is -2.08. The summed E-state index contributed by atoms with van der Waals surface area (Å²) in [5, 5.41) is 8.83. The van der Waals surface area contributed by atoms with Gasteiger partial charge in [-0.15, -0.1) is 0 Å². The number of benzene rings is 1. The molecule has 0 spiro atoms. The summed E-state index contributed by atoms with van der Waals surface area (Å²) in [4.78, 5) is 17.4. The number of hydrogen-bond acceptors (Lipinski definition) is 5. The first-order valence-electron chi connectivity index (χ1n) is 13.7. The van der Waals surface area contributed by atoms with Crippen LogP contribution < -0.4 is 10.2 Å². The van der Waals surface area contributed by atoms with Gasteiger partial charge in [-0.2, -0.15) is 0 Å². The summed E-state index contributed by atoms with van der Waals surface area (Å²) in [6, 6.07) is 6.67. The molecule has 2 fully saturated rings. The standard InChI is InChI=1S/C28H44N4O2/c1-4-6-22(5-2)20-27(33)29-24-10-8-23(9-11-24)13-14-31-15-17-32(18-16-31)28-25-19-21(3)7-12-26(25)34-30-28/h7,12,19,22-24H,4-6,8-11,13-18,20H2,1-3H3,(H,29,33). The van der Waals surface area contributed by atoms with Gasteiger partial charge in [0.25, 0.3) is 0 Å². The number of fused-ring (bicyclic) bond motifs is 1. The second-order valence-electron chi connectivity index (χ2n) is 10.7. The third-order valence-corrected chi connectivity index (χ3v) is 8.09. The summed E-state index contributed by atoms with van der Waals surface area (Å²) < 4.78 is 5.55. The lowest BCUT2D eigenvalue weighted by atomic mass is 9.83. The highest BCUT2D eigenvalue weighted by atomic mass is 16.5. The molecule has 1 atom stereocenters. The number of nitrogens with zero attached hydrogens (tertiary/aromatic N) is 3. The van der Waals surface area contributed by atoms with Crippen molar-refractivity contribution < 1.29 is 9.32 Å². The first kappa shape index (κ1) is 25.0. The number of carbonyl (C=O) groups is 1. The Kier molecular flexibility index (Phi) is 8.87. The van der Waals surface area contributed by atoms with E-state index in [1.807, 2.05) is 6.07 Å². The van der Waals surface area contributed by atoms with Gasteiger partial charge in [0, 0.05) is 38.6 Å². The van der Waals surface area contributed by atoms with E-state index < -0.39 is 0 Å². The largest absolute Gasteiger partial charge is 0.354 e. The molecule has 1 unspecified atom stereocenters. The van der Waals surface area contributed by atoms with Crippen LogP contribution in [0.3, 0.4) is 0 Å². The molecule has 4 rings (SSSR count). The predicted octanol–water partition coefficient (Wildman–Crippen LogP) is 5.54. The van der Waals surface area contributed by atoms with Crippen LogP contribution in [0.15, 0.2) is 22.7 Å². The molecule has 1 aliphatic heterocycles. The summed E-state index contributed by atoms with van der Waals surface area (Å²) in [5.41, 5.74) is 2.12. The van der Waals surface area contributed by atoms with E-state index in [-0.39, 0.29) is 5.91 Å². The molecule has 0 bridgehead atoms. The van der Waals surface area contributed by atoms with Crippen molar-refractivity contribution in [3.8, 4) is 0 Å². The van der Waals surface area contributed by atoms with Gasteiger partial charge in [-0.1, -0.05) is 49.9 Å². The maximum Gasteiger partial charge on any atom is 0.220 e. The molecule has 1 aromatic carbocycles. The topological polar surface area (TPSA) is 61.6 Å². The Balaban J connectivity index is 1.14. The smallest absolute Gasteiger partial charge is 0.220 e. The first-order valence-corrected chi connectivity index (χ1v) is 13.7. The van der Waals surface area contributed by atoms with Crippen molar-refractivity contribution in [3.63, 3.8) is 0 Å². The number of carbonyl (C=O) groups excluding carboxylic acids is 1. The van der Waals surface area contributed by atoms with Crippen LogP contribution in [0.25, 0.3) is 11.0 Å². The molecule has 2 heterocycles. The fourth-order valence-corrected chi connectivity index (χ4v) is 5.82. The average Bonchev–Trinajstić information content (AvgIpc) is 3.26. The second kappa shape index (κ2) is 12.1. The summed E-state index contributed by atoms with van der Waals surface area (Å²) in [7, 11) is 0. The third-order valence-electron chi connectivity index (χ3n) is 8.09. The lowest BCUT2D eigenvalue weighted by Gasteiger charge is -2.36. The van der Waals surface area contributed by atoms with Crippen molar-refractivity contribution in [1.29, 1.82) is 0 Å². The summed E-state index contributed by atoms with van der Waals surface area (Å²) in [5.74, 6) is 2.63. The molecule has 2 aromatic rings. The van der Waals surface area contributed by atoms with Gasteiger partial charge in [0.2, 0.25) is 5.91 Å². The number of nitrogens with one attached hydrogen (secondary N) is 1. The number of aromatic nitrogens is 1. The zero-order chi connectivity index (χ0) is 23.9. The van der Waals surface area contributed by atoms with Gasteiger partial charge in [0.05, 0.1) is 5.39 Å². The second-order valence-corrected chi connectivity index (χ2v) is 10.7. The van der Waals surface area contributed by atoms with Gasteiger partial charge in [-0.05, 0) is 69.5 Å². The number of anilines is 1. The van der Waals surface area contributed by atoms with E-state index in [9.17, 15) is 4.79 Å². The Morgan fingerprint density at radius 3 is 2.62 bits per heavy atom. The predicted molar refractivity (Wildman–Crippen MR) is 139 cm³/mol. The van der Waals surface area contributed by atoms with Gasteiger partial charge < -0.3 is 14.7 Å². The van der Waals surface area contributed by atoms with Crippen LogP contribution in [0.2, 0.25) is 0 Å². The summed E-state index contributed by atoms with van der Waals surface area (Å²) in [6.07, 6.45) is 10.2. The van der Waals surface area contributed by atoms with Crippen LogP contribution in [0.1, 0.15) is 77.2 Å². The van der Waals surface area contributed by atoms with Gasteiger partial charge in [-0.25, -0.2) is 0 Å². The molecule has 188 valence electrons. The van der Waals surface area contributed by atoms with Crippen LogP contribution in [-0.2, 0) is 4.79 Å². The molecule has 6 nitrogen and oxygen atoms in total. The van der Waals surface area contributed by atoms with E-state index >= 15 is 0 Å². The fraction of sp³-hybridized carbons (Fsp3) is 0.714. The summed E-state index contributed by atoms with van der Waals surface area (Å²) in [6.45, 7) is 11.9. The van der Waals surface area contributed by atoms with Crippen LogP contribution in [0, 0.1) is 18.8 Å². The van der Waals surface area contributed by atoms with Crippen LogP contribution in [-0.4, -0.2) is 54.7 Å². The quantitative estimate of drug-likeness (QED) is 0.496. The van der Waals surface area contributed by atoms with E-state index in [0.717, 1.165) is 68.1 Å². The zero-order valence-corrected chi connectivity index (χ0v) is 21.5. The van der Waals surface area contributed by atoms with Gasteiger partial charge in [0.1, 0.15) is 0 Å². The average molecular weight is 469 g/mol. The highest BCUT2D eigenvalue weighted by molar-refractivity contribution is 5.89. The van der Waals surface area contributed by atoms with Gasteiger partial charge in [-0.3, -0.25) is 9.69 Å². The van der Waals surface area contributed by atoms with Crippen LogP contribution >= 0.6 is 0 Å². The Bertz CT molecular complexity index is 910. The molecule has 2 aliphatic rings. The summed E-state index contributed by atoms with van der Waals surface area (Å²) >= 11 is 0. The molecular weight excluding hydrogens is 424 g/mol. The number of aryl methyl sites for hydroxylation is 1. The maximum atomic E-state index is 12.4. The molecule has 1 aliphatic carbocycles. The molecule has 1 saturated carbocycles. The minimum Gasteiger partial charge on any atom is -0.354 e. The monoisotopic (exact) mass is 468 g/mol.